The van der Waals surface area contributed by atoms with Gasteiger partial charge in [-0.2, -0.15) is 13.2 Å². The Labute approximate surface area is 220 Å². The van der Waals surface area contributed by atoms with E-state index in [2.05, 4.69) is 4.98 Å². The topological polar surface area (TPSA) is 70.5 Å². The van der Waals surface area contributed by atoms with Crippen LogP contribution in [0, 0.1) is 13.8 Å². The summed E-state index contributed by atoms with van der Waals surface area (Å²) in [5, 5.41) is 11.6. The molecule has 0 spiro atoms. The second-order valence-corrected chi connectivity index (χ2v) is 9.93. The van der Waals surface area contributed by atoms with Crippen LogP contribution < -0.4 is 4.90 Å². The van der Waals surface area contributed by atoms with Gasteiger partial charge in [-0.25, -0.2) is 4.98 Å². The van der Waals surface area contributed by atoms with Crippen molar-refractivity contribution in [2.45, 2.75) is 26.1 Å². The highest BCUT2D eigenvalue weighted by atomic mass is 32.1. The number of Topliss-reactive ketones (excluding diaryl/α,β-unsaturated/α-hetero) is 1. The van der Waals surface area contributed by atoms with E-state index in [1.54, 1.807) is 25.1 Å². The first-order valence-corrected chi connectivity index (χ1v) is 12.5. The largest absolute Gasteiger partial charge is 0.503 e. The average Bonchev–Trinajstić information content (AvgIpc) is 3.41. The Hall–Kier alpha value is -4.24. The molecule has 192 valence electrons. The molecule has 1 aliphatic heterocycles. The lowest BCUT2D eigenvalue weighted by molar-refractivity contribution is -0.137. The second-order valence-electron chi connectivity index (χ2n) is 8.93. The number of ketones is 1. The van der Waals surface area contributed by atoms with Crippen LogP contribution in [0.15, 0.2) is 90.2 Å². The van der Waals surface area contributed by atoms with Crippen LogP contribution in [0.4, 0.5) is 18.9 Å². The maximum Gasteiger partial charge on any atom is 0.416 e. The molecule has 38 heavy (non-hydrogen) atoms. The van der Waals surface area contributed by atoms with E-state index in [1.165, 1.54) is 0 Å². The number of anilines is 1. The number of aliphatic hydroxyl groups excluding tert-OH is 1. The minimum absolute atomic E-state index is 0.120. The molecule has 0 bridgehead atoms. The van der Waals surface area contributed by atoms with E-state index in [9.17, 15) is 27.9 Å². The van der Waals surface area contributed by atoms with Gasteiger partial charge in [-0.05, 0) is 43.7 Å². The number of carbonyl (C=O) groups is 2. The number of alkyl halides is 3. The van der Waals surface area contributed by atoms with E-state index < -0.39 is 35.2 Å². The van der Waals surface area contributed by atoms with Crippen LogP contribution in [0.5, 0.6) is 0 Å². The molecule has 2 heterocycles. The normalized spacial score (nSPS) is 15.9. The summed E-state index contributed by atoms with van der Waals surface area (Å²) >= 11 is 1.15. The lowest BCUT2D eigenvalue weighted by Crippen LogP contribution is -2.31. The molecular weight excluding hydrogens is 513 g/mol. The smallest absolute Gasteiger partial charge is 0.416 e. The van der Waals surface area contributed by atoms with E-state index in [-0.39, 0.29) is 16.1 Å². The van der Waals surface area contributed by atoms with Crippen molar-refractivity contribution >= 4 is 28.7 Å². The fourth-order valence-electron chi connectivity index (χ4n) is 4.50. The number of halogens is 3. The van der Waals surface area contributed by atoms with Gasteiger partial charge in [0.25, 0.3) is 5.91 Å². The SMILES string of the molecule is Cc1cccc(C2C(C(=O)c3sc(-c4ccccc4)nc3C)=C(O)C(=O)N2c2ccc(C(F)(F)F)cc2)c1. The van der Waals surface area contributed by atoms with Gasteiger partial charge in [-0.1, -0.05) is 60.2 Å². The van der Waals surface area contributed by atoms with E-state index in [0.717, 1.165) is 51.6 Å². The third-order valence-corrected chi connectivity index (χ3v) is 7.51. The Bertz CT molecular complexity index is 1570. The van der Waals surface area contributed by atoms with Crippen LogP contribution in [0.2, 0.25) is 0 Å². The van der Waals surface area contributed by atoms with Crippen molar-refractivity contribution in [1.29, 1.82) is 0 Å². The Morgan fingerprint density at radius 3 is 2.29 bits per heavy atom. The molecule has 0 fully saturated rings. The molecule has 9 heteroatoms. The number of aryl methyl sites for hydroxylation is 2. The van der Waals surface area contributed by atoms with Crippen LogP contribution in [0.3, 0.4) is 0 Å². The van der Waals surface area contributed by atoms with Crippen LogP contribution in [-0.2, 0) is 11.0 Å². The predicted octanol–water partition coefficient (Wildman–Crippen LogP) is 7.23. The van der Waals surface area contributed by atoms with Crippen molar-refractivity contribution in [3.8, 4) is 10.6 Å². The number of hydrogen-bond acceptors (Lipinski definition) is 5. The molecule has 5 rings (SSSR count). The molecule has 4 aromatic rings. The molecule has 1 atom stereocenters. The molecule has 1 aromatic heterocycles. The average molecular weight is 535 g/mol. The van der Waals surface area contributed by atoms with Gasteiger partial charge in [-0.3, -0.25) is 14.5 Å². The number of benzene rings is 3. The summed E-state index contributed by atoms with van der Waals surface area (Å²) < 4.78 is 39.5. The van der Waals surface area contributed by atoms with Crippen molar-refractivity contribution in [2.24, 2.45) is 0 Å². The Morgan fingerprint density at radius 1 is 0.974 bits per heavy atom. The van der Waals surface area contributed by atoms with Crippen molar-refractivity contribution < 1.29 is 27.9 Å². The van der Waals surface area contributed by atoms with Gasteiger partial charge in [0, 0.05) is 11.3 Å². The summed E-state index contributed by atoms with van der Waals surface area (Å²) in [4.78, 5) is 33.2. The van der Waals surface area contributed by atoms with Crippen molar-refractivity contribution in [3.05, 3.63) is 117 Å². The summed E-state index contributed by atoms with van der Waals surface area (Å²) in [6.45, 7) is 3.52. The Morgan fingerprint density at radius 2 is 1.66 bits per heavy atom. The summed E-state index contributed by atoms with van der Waals surface area (Å²) in [5.74, 6) is -2.17. The molecule has 0 aliphatic carbocycles. The first-order valence-electron chi connectivity index (χ1n) is 11.6. The lowest BCUT2D eigenvalue weighted by atomic mass is 9.94. The van der Waals surface area contributed by atoms with Gasteiger partial charge < -0.3 is 5.11 Å². The monoisotopic (exact) mass is 534 g/mol. The number of aromatic nitrogens is 1. The highest BCUT2D eigenvalue weighted by Gasteiger charge is 2.45. The number of amides is 1. The number of carbonyl (C=O) groups excluding carboxylic acids is 2. The third-order valence-electron chi connectivity index (χ3n) is 6.31. The number of nitrogens with zero attached hydrogens (tertiary/aromatic N) is 2. The van der Waals surface area contributed by atoms with Gasteiger partial charge in [0.1, 0.15) is 5.01 Å². The predicted molar refractivity (Wildman–Crippen MR) is 139 cm³/mol. The molecule has 3 aromatic carbocycles. The maximum absolute atomic E-state index is 13.9. The Balaban J connectivity index is 1.62. The highest BCUT2D eigenvalue weighted by molar-refractivity contribution is 7.17. The summed E-state index contributed by atoms with van der Waals surface area (Å²) in [6, 6.07) is 19.4. The van der Waals surface area contributed by atoms with Crippen LogP contribution in [0.1, 0.15) is 38.1 Å². The van der Waals surface area contributed by atoms with Gasteiger partial charge in [0.2, 0.25) is 5.78 Å². The minimum atomic E-state index is -4.55. The fraction of sp³-hybridized carbons (Fsp3) is 0.138. The van der Waals surface area contributed by atoms with E-state index in [0.29, 0.717) is 16.3 Å². The molecule has 5 nitrogen and oxygen atoms in total. The number of thiazole rings is 1. The van der Waals surface area contributed by atoms with Crippen LogP contribution in [0.25, 0.3) is 10.6 Å². The summed E-state index contributed by atoms with van der Waals surface area (Å²) in [5.41, 5.74) is 1.76. The third kappa shape index (κ3) is 4.50. The standard InChI is InChI=1S/C29H21F3N2O3S/c1-16-7-6-10-19(15-16)23-22(24(35)26-17(2)33-27(38-26)18-8-4-3-5-9-18)25(36)28(37)34(23)21-13-11-20(12-14-21)29(30,31)32/h3-15,23,36H,1-2H3. The molecule has 1 unspecified atom stereocenters. The lowest BCUT2D eigenvalue weighted by Gasteiger charge is -2.27. The first kappa shape index (κ1) is 25.4. The molecule has 1 amide bonds. The number of aliphatic hydroxyl groups is 1. The molecule has 0 radical (unpaired) electrons. The highest BCUT2D eigenvalue weighted by Crippen LogP contribution is 2.44. The van der Waals surface area contributed by atoms with Crippen LogP contribution in [-0.4, -0.2) is 21.8 Å². The molecular formula is C29H21F3N2O3S. The van der Waals surface area contributed by atoms with Crippen molar-refractivity contribution in [1.82, 2.24) is 4.98 Å². The first-order chi connectivity index (χ1) is 18.1. The van der Waals surface area contributed by atoms with Gasteiger partial charge >= 0.3 is 6.18 Å². The molecule has 0 saturated carbocycles. The summed E-state index contributed by atoms with van der Waals surface area (Å²) in [6.07, 6.45) is -4.55. The number of hydrogen-bond donors (Lipinski definition) is 1. The van der Waals surface area contributed by atoms with Gasteiger partial charge in [-0.15, -0.1) is 11.3 Å². The van der Waals surface area contributed by atoms with Gasteiger partial charge in [0.05, 0.1) is 27.7 Å². The zero-order chi connectivity index (χ0) is 27.2. The van der Waals surface area contributed by atoms with Crippen molar-refractivity contribution in [2.75, 3.05) is 4.90 Å². The van der Waals surface area contributed by atoms with Gasteiger partial charge in [0.15, 0.2) is 5.76 Å². The maximum atomic E-state index is 13.9. The van der Waals surface area contributed by atoms with Crippen LogP contribution >= 0.6 is 11.3 Å². The molecule has 1 aliphatic rings. The fourth-order valence-corrected chi connectivity index (χ4v) is 5.53. The quantitative estimate of drug-likeness (QED) is 0.274. The summed E-state index contributed by atoms with van der Waals surface area (Å²) in [7, 11) is 0. The number of rotatable bonds is 5. The van der Waals surface area contributed by atoms with E-state index >= 15 is 0 Å². The molecule has 1 N–H and O–H groups in total. The zero-order valence-electron chi connectivity index (χ0n) is 20.3. The van der Waals surface area contributed by atoms with E-state index in [4.69, 9.17) is 0 Å². The van der Waals surface area contributed by atoms with Crippen molar-refractivity contribution in [3.63, 3.8) is 0 Å². The zero-order valence-corrected chi connectivity index (χ0v) is 21.1. The second kappa shape index (κ2) is 9.57. The van der Waals surface area contributed by atoms with E-state index in [1.807, 2.05) is 43.3 Å². The Kier molecular flexibility index (Phi) is 6.40. The minimum Gasteiger partial charge on any atom is -0.503 e. The molecule has 0 saturated heterocycles.